The number of aromatic amines is 1. The number of aromatic nitrogens is 2. The summed E-state index contributed by atoms with van der Waals surface area (Å²) in [5, 5.41) is 9.30. The summed E-state index contributed by atoms with van der Waals surface area (Å²) in [6.45, 7) is 3.69. The van der Waals surface area contributed by atoms with Crippen LogP contribution < -0.4 is 0 Å². The van der Waals surface area contributed by atoms with Crippen LogP contribution in [0.3, 0.4) is 0 Å². The Morgan fingerprint density at radius 2 is 2.06 bits per heavy atom. The highest BCUT2D eigenvalue weighted by atomic mass is 32.2. The molecule has 2 N–H and O–H groups in total. The van der Waals surface area contributed by atoms with Gasteiger partial charge in [0.15, 0.2) is 9.84 Å². The number of sulfone groups is 1. The summed E-state index contributed by atoms with van der Waals surface area (Å²) in [7, 11) is -3.22. The van der Waals surface area contributed by atoms with E-state index in [0.717, 1.165) is 0 Å². The summed E-state index contributed by atoms with van der Waals surface area (Å²) in [5.41, 5.74) is 0.873. The Hall–Kier alpha value is -1.40. The van der Waals surface area contributed by atoms with Gasteiger partial charge >= 0.3 is 0 Å². The van der Waals surface area contributed by atoms with Gasteiger partial charge in [0.25, 0.3) is 0 Å². The second-order valence-corrected chi connectivity index (χ2v) is 7.09. The Morgan fingerprint density at radius 1 is 1.39 bits per heavy atom. The first-order chi connectivity index (χ1) is 8.24. The highest BCUT2D eigenvalue weighted by molar-refractivity contribution is 7.90. The fourth-order valence-electron chi connectivity index (χ4n) is 1.61. The van der Waals surface area contributed by atoms with Crippen molar-refractivity contribution in [1.82, 2.24) is 9.97 Å². The predicted octanol–water partition coefficient (Wildman–Crippen LogP) is 1.24. The number of imidazole rings is 1. The van der Waals surface area contributed by atoms with Gasteiger partial charge in [-0.05, 0) is 18.2 Å². The van der Waals surface area contributed by atoms with Gasteiger partial charge in [0.1, 0.15) is 5.82 Å². The molecule has 0 unspecified atom stereocenters. The van der Waals surface area contributed by atoms with Crippen molar-refractivity contribution in [3.63, 3.8) is 0 Å². The highest BCUT2D eigenvalue weighted by Crippen LogP contribution is 2.24. The number of H-pyrrole nitrogens is 1. The minimum absolute atomic E-state index is 0.0360. The van der Waals surface area contributed by atoms with Crippen molar-refractivity contribution < 1.29 is 13.5 Å². The van der Waals surface area contributed by atoms with Gasteiger partial charge < -0.3 is 10.1 Å². The zero-order valence-electron chi connectivity index (χ0n) is 10.6. The number of nitrogens with one attached hydrogen (secondary N) is 1. The molecule has 0 aliphatic rings. The molecule has 1 aromatic carbocycles. The summed E-state index contributed by atoms with van der Waals surface area (Å²) >= 11 is 0. The van der Waals surface area contributed by atoms with Crippen LogP contribution in [-0.4, -0.2) is 36.4 Å². The average Bonchev–Trinajstić information content (AvgIpc) is 2.71. The quantitative estimate of drug-likeness (QED) is 0.877. The lowest BCUT2D eigenvalue weighted by molar-refractivity contribution is 0.213. The van der Waals surface area contributed by atoms with Crippen LogP contribution >= 0.6 is 0 Å². The van der Waals surface area contributed by atoms with Crippen molar-refractivity contribution in [2.24, 2.45) is 0 Å². The maximum atomic E-state index is 11.5. The topological polar surface area (TPSA) is 83.1 Å². The number of nitrogens with zero attached hydrogens (tertiary/aromatic N) is 1. The summed E-state index contributed by atoms with van der Waals surface area (Å²) in [6, 6.07) is 4.77. The monoisotopic (exact) mass is 268 g/mol. The van der Waals surface area contributed by atoms with Crippen molar-refractivity contribution in [1.29, 1.82) is 0 Å². The molecule has 98 valence electrons. The van der Waals surface area contributed by atoms with Crippen LogP contribution in [0, 0.1) is 0 Å². The predicted molar refractivity (Wildman–Crippen MR) is 69.3 cm³/mol. The normalized spacial score (nSPS) is 13.1. The maximum absolute atomic E-state index is 11.5. The molecule has 1 heterocycles. The first-order valence-corrected chi connectivity index (χ1v) is 7.44. The molecule has 0 aliphatic heterocycles. The van der Waals surface area contributed by atoms with Crippen LogP contribution in [0.5, 0.6) is 0 Å². The number of rotatable bonds is 3. The molecule has 6 heteroatoms. The van der Waals surface area contributed by atoms with Gasteiger partial charge in [-0.25, -0.2) is 13.4 Å². The average molecular weight is 268 g/mol. The van der Waals surface area contributed by atoms with E-state index in [1.165, 1.54) is 12.3 Å². The molecule has 2 rings (SSSR count). The Bertz CT molecular complexity index is 686. The van der Waals surface area contributed by atoms with E-state index in [0.29, 0.717) is 16.9 Å². The molecule has 2 aromatic rings. The Labute approximate surface area is 106 Å². The molecule has 5 nitrogen and oxygen atoms in total. The summed E-state index contributed by atoms with van der Waals surface area (Å²) in [5.74, 6) is 0.644. The van der Waals surface area contributed by atoms with Gasteiger partial charge in [0, 0.05) is 11.7 Å². The van der Waals surface area contributed by atoms with Gasteiger partial charge in [-0.2, -0.15) is 0 Å². The minimum atomic E-state index is -3.22. The van der Waals surface area contributed by atoms with E-state index in [2.05, 4.69) is 9.97 Å². The van der Waals surface area contributed by atoms with Crippen molar-refractivity contribution in [2.75, 3.05) is 12.9 Å². The van der Waals surface area contributed by atoms with E-state index in [-0.39, 0.29) is 11.5 Å². The van der Waals surface area contributed by atoms with E-state index < -0.39 is 15.3 Å². The fraction of sp³-hybridized carbons (Fsp3) is 0.417. The van der Waals surface area contributed by atoms with Crippen LogP contribution in [0.1, 0.15) is 19.7 Å². The zero-order valence-corrected chi connectivity index (χ0v) is 11.4. The van der Waals surface area contributed by atoms with Crippen LogP contribution in [0.15, 0.2) is 23.1 Å². The number of aliphatic hydroxyl groups excluding tert-OH is 1. The summed E-state index contributed by atoms with van der Waals surface area (Å²) in [6.07, 6.45) is 1.17. The maximum Gasteiger partial charge on any atom is 0.175 e. The Kier molecular flexibility index (Phi) is 2.95. The van der Waals surface area contributed by atoms with Crippen molar-refractivity contribution in [3.05, 3.63) is 24.0 Å². The zero-order chi connectivity index (χ0) is 13.6. The molecule has 0 spiro atoms. The van der Waals surface area contributed by atoms with Crippen molar-refractivity contribution in [2.45, 2.75) is 24.2 Å². The van der Waals surface area contributed by atoms with Crippen LogP contribution in [0.4, 0.5) is 0 Å². The third-order valence-corrected chi connectivity index (χ3v) is 4.03. The van der Waals surface area contributed by atoms with Crippen LogP contribution in [0.2, 0.25) is 0 Å². The SMILES string of the molecule is CC(C)(CO)c1nc2ccc(S(C)(=O)=O)cc2[nH]1. The van der Waals surface area contributed by atoms with Crippen LogP contribution in [-0.2, 0) is 15.3 Å². The molecule has 0 fully saturated rings. The van der Waals surface area contributed by atoms with Gasteiger partial charge in [-0.3, -0.25) is 0 Å². The first-order valence-electron chi connectivity index (χ1n) is 5.55. The second-order valence-electron chi connectivity index (χ2n) is 5.08. The third kappa shape index (κ3) is 2.26. The molecule has 0 amide bonds. The van der Waals surface area contributed by atoms with Gasteiger partial charge in [0.05, 0.1) is 22.5 Å². The number of fused-ring (bicyclic) bond motifs is 1. The third-order valence-electron chi connectivity index (χ3n) is 2.92. The van der Waals surface area contributed by atoms with Gasteiger partial charge in [0.2, 0.25) is 0 Å². The number of hydrogen-bond acceptors (Lipinski definition) is 4. The Morgan fingerprint density at radius 3 is 2.61 bits per heavy atom. The molecule has 1 aromatic heterocycles. The molecule has 0 bridgehead atoms. The lowest BCUT2D eigenvalue weighted by Crippen LogP contribution is -2.23. The van der Waals surface area contributed by atoms with E-state index >= 15 is 0 Å². The Balaban J connectivity index is 2.60. The molecule has 0 atom stereocenters. The van der Waals surface area contributed by atoms with E-state index in [1.807, 2.05) is 13.8 Å². The molecule has 0 aliphatic carbocycles. The molecule has 18 heavy (non-hydrogen) atoms. The van der Waals surface area contributed by atoms with Gasteiger partial charge in [-0.1, -0.05) is 13.8 Å². The lowest BCUT2D eigenvalue weighted by atomic mass is 9.94. The molecule has 0 saturated carbocycles. The smallest absolute Gasteiger partial charge is 0.175 e. The fourth-order valence-corrected chi connectivity index (χ4v) is 2.26. The molecular weight excluding hydrogens is 252 g/mol. The van der Waals surface area contributed by atoms with Crippen molar-refractivity contribution >= 4 is 20.9 Å². The van der Waals surface area contributed by atoms with Crippen LogP contribution in [0.25, 0.3) is 11.0 Å². The highest BCUT2D eigenvalue weighted by Gasteiger charge is 2.23. The van der Waals surface area contributed by atoms with E-state index in [9.17, 15) is 13.5 Å². The van der Waals surface area contributed by atoms with E-state index in [4.69, 9.17) is 0 Å². The molecule has 0 radical (unpaired) electrons. The first kappa shape index (κ1) is 13.0. The number of aliphatic hydroxyl groups is 1. The molecular formula is C12H16N2O3S. The van der Waals surface area contributed by atoms with Crippen molar-refractivity contribution in [3.8, 4) is 0 Å². The minimum Gasteiger partial charge on any atom is -0.395 e. The number of hydrogen-bond donors (Lipinski definition) is 2. The molecule has 0 saturated heterocycles. The van der Waals surface area contributed by atoms with Gasteiger partial charge in [-0.15, -0.1) is 0 Å². The lowest BCUT2D eigenvalue weighted by Gasteiger charge is -2.17. The number of benzene rings is 1. The largest absolute Gasteiger partial charge is 0.395 e. The standard InChI is InChI=1S/C12H16N2O3S/c1-12(2,7-15)11-13-9-5-4-8(18(3,16)17)6-10(9)14-11/h4-6,15H,7H2,1-3H3,(H,13,14). The van der Waals surface area contributed by atoms with E-state index in [1.54, 1.807) is 12.1 Å². The summed E-state index contributed by atoms with van der Waals surface area (Å²) in [4.78, 5) is 7.69. The summed E-state index contributed by atoms with van der Waals surface area (Å²) < 4.78 is 22.9. The second kappa shape index (κ2) is 4.07.